The molecular weight excluding hydrogens is 502 g/mol. The van der Waals surface area contributed by atoms with Gasteiger partial charge in [-0.25, -0.2) is 0 Å². The van der Waals surface area contributed by atoms with Crippen LogP contribution in [0.5, 0.6) is 0 Å². The van der Waals surface area contributed by atoms with Crippen molar-refractivity contribution in [2.24, 2.45) is 0 Å². The lowest BCUT2D eigenvalue weighted by atomic mass is 9.82. The van der Waals surface area contributed by atoms with Crippen LogP contribution in [0.15, 0.2) is 107 Å². The molecule has 190 valence electrons. The van der Waals surface area contributed by atoms with E-state index in [-0.39, 0.29) is 23.0 Å². The molecule has 0 saturated carbocycles. The fraction of sp³-hybridized carbons (Fsp3) is 0.107. The summed E-state index contributed by atoms with van der Waals surface area (Å²) in [7, 11) is 0. The molecule has 1 aliphatic rings. The van der Waals surface area contributed by atoms with Crippen molar-refractivity contribution in [3.05, 3.63) is 122 Å². The Balaban J connectivity index is 1.60. The minimum absolute atomic E-state index is 0.0901. The molecule has 3 aromatic carbocycles. The second kappa shape index (κ2) is 11.9. The second-order valence-electron chi connectivity index (χ2n) is 8.29. The van der Waals surface area contributed by atoms with Crippen molar-refractivity contribution >= 4 is 40.6 Å². The minimum Gasteiger partial charge on any atom is -0.353 e. The van der Waals surface area contributed by atoms with Crippen molar-refractivity contribution in [2.45, 2.75) is 12.8 Å². The van der Waals surface area contributed by atoms with E-state index in [9.17, 15) is 25.0 Å². The number of nitro benzene ring substituents is 1. The number of nitro groups is 1. The average Bonchev–Trinajstić information content (AvgIpc) is 2.92. The van der Waals surface area contributed by atoms with E-state index in [1.165, 1.54) is 18.2 Å². The molecule has 0 bridgehead atoms. The number of rotatable bonds is 8. The Kier molecular flexibility index (Phi) is 8.20. The summed E-state index contributed by atoms with van der Waals surface area (Å²) < 4.78 is 0. The maximum atomic E-state index is 13.4. The van der Waals surface area contributed by atoms with Gasteiger partial charge in [0.2, 0.25) is 5.91 Å². The number of dihydropyridines is 1. The SMILES string of the molecule is CC1=C(C(=O)Nc2ccccc2)[C@H](c2ccccc2)C(C#N)=C(SCC(=O)Nc2ccccc2[N+](=O)[O-])N1. The number of nitrogens with zero attached hydrogens (tertiary/aromatic N) is 2. The highest BCUT2D eigenvalue weighted by Crippen LogP contribution is 2.41. The number of para-hydroxylation sites is 3. The summed E-state index contributed by atoms with van der Waals surface area (Å²) in [6.07, 6.45) is 0. The van der Waals surface area contributed by atoms with E-state index in [1.54, 1.807) is 25.1 Å². The van der Waals surface area contributed by atoms with Crippen molar-refractivity contribution in [3.63, 3.8) is 0 Å². The largest absolute Gasteiger partial charge is 0.353 e. The van der Waals surface area contributed by atoms with E-state index in [2.05, 4.69) is 22.0 Å². The average molecular weight is 526 g/mol. The molecule has 10 heteroatoms. The third-order valence-electron chi connectivity index (χ3n) is 5.78. The monoisotopic (exact) mass is 525 g/mol. The second-order valence-corrected chi connectivity index (χ2v) is 9.28. The molecule has 0 saturated heterocycles. The lowest BCUT2D eigenvalue weighted by Crippen LogP contribution is -2.31. The van der Waals surface area contributed by atoms with Crippen molar-refractivity contribution in [3.8, 4) is 6.07 Å². The summed E-state index contributed by atoms with van der Waals surface area (Å²) >= 11 is 1.09. The van der Waals surface area contributed by atoms with Crippen LogP contribution in [0.1, 0.15) is 18.4 Å². The van der Waals surface area contributed by atoms with Crippen molar-refractivity contribution < 1.29 is 14.5 Å². The van der Waals surface area contributed by atoms with Crippen LogP contribution in [0.4, 0.5) is 17.1 Å². The summed E-state index contributed by atoms with van der Waals surface area (Å²) in [6, 6.07) is 26.3. The first-order chi connectivity index (χ1) is 18.4. The summed E-state index contributed by atoms with van der Waals surface area (Å²) in [4.78, 5) is 36.8. The van der Waals surface area contributed by atoms with Crippen LogP contribution < -0.4 is 16.0 Å². The van der Waals surface area contributed by atoms with Gasteiger partial charge in [-0.1, -0.05) is 72.4 Å². The van der Waals surface area contributed by atoms with E-state index < -0.39 is 16.7 Å². The molecule has 0 aromatic heterocycles. The molecule has 4 rings (SSSR count). The minimum atomic E-state index is -0.660. The van der Waals surface area contributed by atoms with Crippen LogP contribution in [0.25, 0.3) is 0 Å². The molecule has 9 nitrogen and oxygen atoms in total. The maximum Gasteiger partial charge on any atom is 0.292 e. The lowest BCUT2D eigenvalue weighted by molar-refractivity contribution is -0.383. The molecule has 0 unspecified atom stereocenters. The molecule has 3 aromatic rings. The molecule has 1 aliphatic heterocycles. The number of benzene rings is 3. The number of anilines is 2. The van der Waals surface area contributed by atoms with Crippen LogP contribution in [-0.4, -0.2) is 22.5 Å². The number of nitrogens with one attached hydrogen (secondary N) is 3. The van der Waals surface area contributed by atoms with Crippen molar-refractivity contribution in [2.75, 3.05) is 16.4 Å². The molecule has 0 fully saturated rings. The van der Waals surface area contributed by atoms with E-state index >= 15 is 0 Å². The fourth-order valence-corrected chi connectivity index (χ4v) is 4.98. The zero-order valence-electron chi connectivity index (χ0n) is 20.3. The quantitative estimate of drug-likeness (QED) is 0.268. The van der Waals surface area contributed by atoms with Gasteiger partial charge in [0, 0.05) is 23.0 Å². The van der Waals surface area contributed by atoms with Crippen molar-refractivity contribution in [1.29, 1.82) is 5.26 Å². The number of hydrogen-bond donors (Lipinski definition) is 3. The van der Waals surface area contributed by atoms with Crippen LogP contribution >= 0.6 is 11.8 Å². The lowest BCUT2D eigenvalue weighted by Gasteiger charge is -2.29. The predicted octanol–water partition coefficient (Wildman–Crippen LogP) is 5.30. The summed E-state index contributed by atoms with van der Waals surface area (Å²) in [5, 5.41) is 30.5. The van der Waals surface area contributed by atoms with E-state index in [0.717, 1.165) is 17.3 Å². The first kappa shape index (κ1) is 26.2. The molecule has 38 heavy (non-hydrogen) atoms. The molecule has 1 atom stereocenters. The summed E-state index contributed by atoms with van der Waals surface area (Å²) in [5.74, 6) is -1.59. The number of carbonyl (C=O) groups excluding carboxylic acids is 2. The van der Waals surface area contributed by atoms with Gasteiger partial charge in [0.05, 0.1) is 33.3 Å². The Labute approximate surface area is 223 Å². The Bertz CT molecular complexity index is 1480. The molecule has 0 spiro atoms. The summed E-state index contributed by atoms with van der Waals surface area (Å²) in [5.41, 5.74) is 2.49. The first-order valence-corrected chi connectivity index (χ1v) is 12.6. The van der Waals surface area contributed by atoms with Crippen LogP contribution in [0.2, 0.25) is 0 Å². The number of allylic oxidation sites excluding steroid dienone is 2. The Morgan fingerprint density at radius 3 is 2.29 bits per heavy atom. The predicted molar refractivity (Wildman–Crippen MR) is 147 cm³/mol. The topological polar surface area (TPSA) is 137 Å². The van der Waals surface area contributed by atoms with Crippen molar-refractivity contribution in [1.82, 2.24) is 5.32 Å². The van der Waals surface area contributed by atoms with Gasteiger partial charge in [-0.15, -0.1) is 0 Å². The molecule has 0 aliphatic carbocycles. The third-order valence-corrected chi connectivity index (χ3v) is 6.80. The van der Waals surface area contributed by atoms with Gasteiger partial charge in [-0.05, 0) is 30.7 Å². The standard InChI is InChI=1S/C28H23N5O4S/c1-18-25(27(35)31-20-12-6-3-7-13-20)26(19-10-4-2-5-11-19)21(16-29)28(30-18)38-17-24(34)32-22-14-8-9-15-23(22)33(36)37/h2-15,26,30H,17H2,1H3,(H,31,35)(H,32,34)/t26-/m1/s1. The zero-order chi connectivity index (χ0) is 27.1. The van der Waals surface area contributed by atoms with Crippen LogP contribution in [0.3, 0.4) is 0 Å². The number of nitriles is 1. The zero-order valence-corrected chi connectivity index (χ0v) is 21.1. The van der Waals surface area contributed by atoms with E-state index in [1.807, 2.05) is 48.5 Å². The highest BCUT2D eigenvalue weighted by Gasteiger charge is 2.34. The Hall–Kier alpha value is -4.88. The smallest absolute Gasteiger partial charge is 0.292 e. The molecule has 2 amide bonds. The number of amides is 2. The molecule has 0 radical (unpaired) electrons. The highest BCUT2D eigenvalue weighted by molar-refractivity contribution is 8.03. The molecule has 3 N–H and O–H groups in total. The first-order valence-electron chi connectivity index (χ1n) is 11.6. The molecular formula is C28H23N5O4S. The number of carbonyl (C=O) groups is 2. The van der Waals surface area contributed by atoms with Gasteiger partial charge < -0.3 is 16.0 Å². The number of hydrogen-bond acceptors (Lipinski definition) is 7. The van der Waals surface area contributed by atoms with Gasteiger partial charge in [0.25, 0.3) is 11.6 Å². The fourth-order valence-electron chi connectivity index (χ4n) is 4.09. The van der Waals surface area contributed by atoms with Gasteiger partial charge in [-0.3, -0.25) is 19.7 Å². The number of thioether (sulfide) groups is 1. The van der Waals surface area contributed by atoms with E-state index in [4.69, 9.17) is 0 Å². The Morgan fingerprint density at radius 2 is 1.63 bits per heavy atom. The van der Waals surface area contributed by atoms with Gasteiger partial charge in [0.15, 0.2) is 0 Å². The van der Waals surface area contributed by atoms with Gasteiger partial charge in [0.1, 0.15) is 5.69 Å². The van der Waals surface area contributed by atoms with Gasteiger partial charge >= 0.3 is 0 Å². The Morgan fingerprint density at radius 1 is 1.00 bits per heavy atom. The van der Waals surface area contributed by atoms with E-state index in [0.29, 0.717) is 27.6 Å². The summed E-state index contributed by atoms with van der Waals surface area (Å²) in [6.45, 7) is 1.75. The maximum absolute atomic E-state index is 13.4. The highest BCUT2D eigenvalue weighted by atomic mass is 32.2. The third kappa shape index (κ3) is 5.91. The molecule has 1 heterocycles. The van der Waals surface area contributed by atoms with Gasteiger partial charge in [-0.2, -0.15) is 5.26 Å². The van der Waals surface area contributed by atoms with Crippen LogP contribution in [-0.2, 0) is 9.59 Å². The normalized spacial score (nSPS) is 14.8. The van der Waals surface area contributed by atoms with Crippen LogP contribution in [0, 0.1) is 21.4 Å².